The number of ether oxygens (including phenoxy) is 1. The molecule has 1 amide bonds. The Morgan fingerprint density at radius 1 is 1.28 bits per heavy atom. The molecule has 1 aliphatic heterocycles. The van der Waals surface area contributed by atoms with Crippen LogP contribution in [-0.4, -0.2) is 37.4 Å². The molecule has 5 heteroatoms. The molecule has 1 fully saturated rings. The predicted octanol–water partition coefficient (Wildman–Crippen LogP) is 3.33. The Hall–Kier alpha value is -1.95. The summed E-state index contributed by atoms with van der Waals surface area (Å²) in [5.41, 5.74) is 1.06. The number of aliphatic hydroxyl groups excluding tert-OH is 1. The van der Waals surface area contributed by atoms with Crippen LogP contribution in [0, 0.1) is 5.41 Å². The third-order valence-corrected chi connectivity index (χ3v) is 5.65. The van der Waals surface area contributed by atoms with Gasteiger partial charge in [0.15, 0.2) is 0 Å². The molecule has 1 saturated heterocycles. The number of hydrogen-bond acceptors (Lipinski definition) is 4. The maximum absolute atomic E-state index is 12.1. The highest BCUT2D eigenvalue weighted by molar-refractivity contribution is 7.16. The summed E-state index contributed by atoms with van der Waals surface area (Å²) >= 11 is 1.66. The summed E-state index contributed by atoms with van der Waals surface area (Å²) in [6.45, 7) is 1.95. The van der Waals surface area contributed by atoms with E-state index < -0.39 is 0 Å². The standard InChI is InChI=1S/C20H23NO3S/c22-12-10-20(11-13-24-15-20)14-21-19(23)9-7-17-6-8-18(25-17)16-4-2-1-3-5-16/h1-9,22H,10-15H2,(H,21,23)/b9-7+. The molecular weight excluding hydrogens is 334 g/mol. The van der Waals surface area contributed by atoms with Gasteiger partial charge in [-0.3, -0.25) is 4.79 Å². The van der Waals surface area contributed by atoms with Crippen LogP contribution in [0.25, 0.3) is 16.5 Å². The molecule has 1 unspecified atom stereocenters. The average molecular weight is 357 g/mol. The lowest BCUT2D eigenvalue weighted by Crippen LogP contribution is -2.38. The summed E-state index contributed by atoms with van der Waals surface area (Å²) in [5, 5.41) is 12.2. The number of amides is 1. The highest BCUT2D eigenvalue weighted by Crippen LogP contribution is 2.31. The minimum Gasteiger partial charge on any atom is -0.396 e. The van der Waals surface area contributed by atoms with E-state index >= 15 is 0 Å². The van der Waals surface area contributed by atoms with Crippen molar-refractivity contribution in [2.45, 2.75) is 12.8 Å². The van der Waals surface area contributed by atoms with E-state index in [0.717, 1.165) is 11.3 Å². The minimum atomic E-state index is -0.123. The Balaban J connectivity index is 1.55. The number of benzene rings is 1. The highest BCUT2D eigenvalue weighted by Gasteiger charge is 2.34. The lowest BCUT2D eigenvalue weighted by atomic mass is 9.84. The Labute approximate surface area is 152 Å². The second-order valence-corrected chi connectivity index (χ2v) is 7.51. The Bertz CT molecular complexity index is 718. The van der Waals surface area contributed by atoms with Gasteiger partial charge < -0.3 is 15.2 Å². The van der Waals surface area contributed by atoms with Gasteiger partial charge in [0.2, 0.25) is 5.91 Å². The molecule has 0 radical (unpaired) electrons. The Kier molecular flexibility index (Phi) is 6.02. The van der Waals surface area contributed by atoms with E-state index in [1.54, 1.807) is 17.4 Å². The van der Waals surface area contributed by atoms with Crippen LogP contribution < -0.4 is 5.32 Å². The van der Waals surface area contributed by atoms with E-state index in [2.05, 4.69) is 23.5 Å². The van der Waals surface area contributed by atoms with Crippen molar-refractivity contribution in [1.82, 2.24) is 5.32 Å². The first-order valence-corrected chi connectivity index (χ1v) is 9.32. The van der Waals surface area contributed by atoms with Crippen molar-refractivity contribution in [1.29, 1.82) is 0 Å². The molecule has 0 saturated carbocycles. The van der Waals surface area contributed by atoms with Crippen LogP contribution in [0.1, 0.15) is 17.7 Å². The third kappa shape index (κ3) is 4.78. The molecule has 1 atom stereocenters. The Morgan fingerprint density at radius 3 is 2.84 bits per heavy atom. The van der Waals surface area contributed by atoms with Gasteiger partial charge in [-0.1, -0.05) is 30.3 Å². The third-order valence-electron chi connectivity index (χ3n) is 4.55. The molecule has 4 nitrogen and oxygen atoms in total. The van der Waals surface area contributed by atoms with Crippen molar-refractivity contribution in [3.05, 3.63) is 53.4 Å². The SMILES string of the molecule is O=C(/C=C/c1ccc(-c2ccccc2)s1)NCC1(CCO)CCOC1. The summed E-state index contributed by atoms with van der Waals surface area (Å²) in [5.74, 6) is -0.112. The van der Waals surface area contributed by atoms with E-state index in [0.29, 0.717) is 26.2 Å². The van der Waals surface area contributed by atoms with Crippen molar-refractivity contribution >= 4 is 23.3 Å². The smallest absolute Gasteiger partial charge is 0.244 e. The van der Waals surface area contributed by atoms with Gasteiger partial charge in [-0.25, -0.2) is 0 Å². The van der Waals surface area contributed by atoms with Gasteiger partial charge in [-0.2, -0.15) is 0 Å². The molecule has 0 aliphatic carbocycles. The normalized spacial score (nSPS) is 20.2. The van der Waals surface area contributed by atoms with Gasteiger partial charge in [0, 0.05) is 41.0 Å². The number of nitrogens with one attached hydrogen (secondary N) is 1. The monoisotopic (exact) mass is 357 g/mol. The number of carbonyl (C=O) groups excluding carboxylic acids is 1. The highest BCUT2D eigenvalue weighted by atomic mass is 32.1. The van der Waals surface area contributed by atoms with Gasteiger partial charge in [0.05, 0.1) is 6.61 Å². The molecule has 2 heterocycles. The van der Waals surface area contributed by atoms with Crippen LogP contribution in [0.15, 0.2) is 48.5 Å². The second-order valence-electron chi connectivity index (χ2n) is 6.40. The van der Waals surface area contributed by atoms with Crippen LogP contribution in [0.5, 0.6) is 0 Å². The van der Waals surface area contributed by atoms with Gasteiger partial charge in [-0.05, 0) is 36.6 Å². The second kappa shape index (κ2) is 8.43. The fourth-order valence-electron chi connectivity index (χ4n) is 3.00. The molecule has 1 aliphatic rings. The van der Waals surface area contributed by atoms with E-state index in [1.807, 2.05) is 30.3 Å². The number of aliphatic hydroxyl groups is 1. The van der Waals surface area contributed by atoms with E-state index in [1.165, 1.54) is 10.4 Å². The van der Waals surface area contributed by atoms with Crippen LogP contribution in [-0.2, 0) is 9.53 Å². The fourth-order valence-corrected chi connectivity index (χ4v) is 3.92. The predicted molar refractivity (Wildman–Crippen MR) is 101 cm³/mol. The van der Waals surface area contributed by atoms with Crippen molar-refractivity contribution < 1.29 is 14.6 Å². The summed E-state index contributed by atoms with van der Waals surface area (Å²) in [7, 11) is 0. The summed E-state index contributed by atoms with van der Waals surface area (Å²) < 4.78 is 5.44. The zero-order chi connectivity index (χ0) is 17.5. The number of hydrogen-bond donors (Lipinski definition) is 2. The van der Waals surface area contributed by atoms with Crippen LogP contribution in [0.4, 0.5) is 0 Å². The molecule has 2 N–H and O–H groups in total. The maximum Gasteiger partial charge on any atom is 0.244 e. The first-order valence-electron chi connectivity index (χ1n) is 8.51. The van der Waals surface area contributed by atoms with Crippen LogP contribution in [0.2, 0.25) is 0 Å². The zero-order valence-corrected chi connectivity index (χ0v) is 14.9. The first-order chi connectivity index (χ1) is 12.2. The molecular formula is C20H23NO3S. The molecule has 0 bridgehead atoms. The van der Waals surface area contributed by atoms with Gasteiger partial charge in [0.25, 0.3) is 0 Å². The summed E-state index contributed by atoms with van der Waals surface area (Å²) in [4.78, 5) is 14.3. The van der Waals surface area contributed by atoms with Gasteiger partial charge in [0.1, 0.15) is 0 Å². The summed E-state index contributed by atoms with van der Waals surface area (Å²) in [6, 6.07) is 14.3. The molecule has 2 aromatic rings. The zero-order valence-electron chi connectivity index (χ0n) is 14.1. The minimum absolute atomic E-state index is 0.112. The van der Waals surface area contributed by atoms with Crippen LogP contribution >= 0.6 is 11.3 Å². The average Bonchev–Trinajstić information content (AvgIpc) is 3.29. The quantitative estimate of drug-likeness (QED) is 0.747. The van der Waals surface area contributed by atoms with E-state index in [-0.39, 0.29) is 17.9 Å². The topological polar surface area (TPSA) is 58.6 Å². The van der Waals surface area contributed by atoms with Crippen molar-refractivity contribution in [2.75, 3.05) is 26.4 Å². The number of thiophene rings is 1. The number of carbonyl (C=O) groups is 1. The van der Waals surface area contributed by atoms with E-state index in [4.69, 9.17) is 4.74 Å². The van der Waals surface area contributed by atoms with Crippen molar-refractivity contribution in [3.8, 4) is 10.4 Å². The van der Waals surface area contributed by atoms with Crippen LogP contribution in [0.3, 0.4) is 0 Å². The Morgan fingerprint density at radius 2 is 2.12 bits per heavy atom. The molecule has 25 heavy (non-hydrogen) atoms. The fraction of sp³-hybridized carbons (Fsp3) is 0.350. The lowest BCUT2D eigenvalue weighted by Gasteiger charge is -2.26. The molecule has 132 valence electrons. The van der Waals surface area contributed by atoms with Gasteiger partial charge in [-0.15, -0.1) is 11.3 Å². The van der Waals surface area contributed by atoms with Gasteiger partial charge >= 0.3 is 0 Å². The lowest BCUT2D eigenvalue weighted by molar-refractivity contribution is -0.117. The molecule has 0 spiro atoms. The summed E-state index contributed by atoms with van der Waals surface area (Å²) in [6.07, 6.45) is 4.95. The first kappa shape index (κ1) is 17.9. The molecule has 1 aromatic carbocycles. The number of rotatable bonds is 7. The largest absolute Gasteiger partial charge is 0.396 e. The van der Waals surface area contributed by atoms with Crippen molar-refractivity contribution in [2.24, 2.45) is 5.41 Å². The molecule has 3 rings (SSSR count). The van der Waals surface area contributed by atoms with Crippen molar-refractivity contribution in [3.63, 3.8) is 0 Å². The maximum atomic E-state index is 12.1. The van der Waals surface area contributed by atoms with E-state index in [9.17, 15) is 9.90 Å². The molecule has 1 aromatic heterocycles.